The van der Waals surface area contributed by atoms with E-state index >= 15 is 0 Å². The van der Waals surface area contributed by atoms with Gasteiger partial charge in [0.05, 0.1) is 0 Å². The summed E-state index contributed by atoms with van der Waals surface area (Å²) in [6, 6.07) is 10.5. The standard InChI is InChI=1S/C14H22N2S/c1-13-12-16(10-11-17-13)9-5-8-15-14-6-3-2-4-7-14/h2-4,6-7,13,15H,5,8-12H2,1H3. The predicted octanol–water partition coefficient (Wildman–Crippen LogP) is 2.93. The monoisotopic (exact) mass is 250 g/mol. The van der Waals surface area contributed by atoms with Crippen molar-refractivity contribution in [3.8, 4) is 0 Å². The van der Waals surface area contributed by atoms with Crippen molar-refractivity contribution in [1.29, 1.82) is 0 Å². The summed E-state index contributed by atoms with van der Waals surface area (Å²) < 4.78 is 0. The number of para-hydroxylation sites is 1. The number of hydrogen-bond donors (Lipinski definition) is 1. The third-order valence-corrected chi connectivity index (χ3v) is 4.22. The van der Waals surface area contributed by atoms with Crippen molar-refractivity contribution in [2.75, 3.05) is 37.2 Å². The fourth-order valence-corrected chi connectivity index (χ4v) is 3.27. The van der Waals surface area contributed by atoms with E-state index in [9.17, 15) is 0 Å². The Balaban J connectivity index is 1.60. The first-order chi connectivity index (χ1) is 8.34. The van der Waals surface area contributed by atoms with E-state index in [0.29, 0.717) is 0 Å². The van der Waals surface area contributed by atoms with Crippen LogP contribution in [0, 0.1) is 0 Å². The first-order valence-corrected chi connectivity index (χ1v) is 7.52. The van der Waals surface area contributed by atoms with E-state index < -0.39 is 0 Å². The molecule has 1 heterocycles. The fraction of sp³-hybridized carbons (Fsp3) is 0.571. The molecule has 2 nitrogen and oxygen atoms in total. The SMILES string of the molecule is CC1CN(CCCNc2ccccc2)CCS1. The fourth-order valence-electron chi connectivity index (χ4n) is 2.19. The number of hydrogen-bond acceptors (Lipinski definition) is 3. The molecule has 1 N–H and O–H groups in total. The summed E-state index contributed by atoms with van der Waals surface area (Å²) in [5.74, 6) is 1.30. The molecule has 0 saturated carbocycles. The smallest absolute Gasteiger partial charge is 0.0340 e. The maximum absolute atomic E-state index is 3.46. The van der Waals surface area contributed by atoms with Crippen molar-refractivity contribution >= 4 is 17.4 Å². The molecule has 1 aliphatic heterocycles. The molecule has 2 rings (SSSR count). The van der Waals surface area contributed by atoms with Gasteiger partial charge in [-0.05, 0) is 25.1 Å². The molecular weight excluding hydrogens is 228 g/mol. The highest BCUT2D eigenvalue weighted by Gasteiger charge is 2.15. The quantitative estimate of drug-likeness (QED) is 0.809. The number of nitrogens with one attached hydrogen (secondary N) is 1. The third kappa shape index (κ3) is 4.60. The van der Waals surface area contributed by atoms with E-state index in [-0.39, 0.29) is 0 Å². The molecule has 94 valence electrons. The van der Waals surface area contributed by atoms with E-state index in [1.54, 1.807) is 0 Å². The van der Waals surface area contributed by atoms with Crippen LogP contribution in [0.2, 0.25) is 0 Å². The minimum absolute atomic E-state index is 0.811. The molecule has 0 bridgehead atoms. The van der Waals surface area contributed by atoms with Gasteiger partial charge in [0.1, 0.15) is 0 Å². The summed E-state index contributed by atoms with van der Waals surface area (Å²) in [5, 5.41) is 4.27. The van der Waals surface area contributed by atoms with Crippen LogP contribution in [0.1, 0.15) is 13.3 Å². The average Bonchev–Trinajstić information content (AvgIpc) is 2.36. The van der Waals surface area contributed by atoms with Gasteiger partial charge in [0.25, 0.3) is 0 Å². The summed E-state index contributed by atoms with van der Waals surface area (Å²) in [6.07, 6.45) is 1.23. The Labute approximate surface area is 109 Å². The number of rotatable bonds is 5. The van der Waals surface area contributed by atoms with Gasteiger partial charge in [-0.15, -0.1) is 0 Å². The number of benzene rings is 1. The average molecular weight is 250 g/mol. The van der Waals surface area contributed by atoms with E-state index in [1.807, 2.05) is 0 Å². The molecule has 1 aromatic rings. The number of anilines is 1. The lowest BCUT2D eigenvalue weighted by Gasteiger charge is -2.30. The van der Waals surface area contributed by atoms with Gasteiger partial charge in [-0.1, -0.05) is 25.1 Å². The zero-order valence-electron chi connectivity index (χ0n) is 10.6. The number of thioether (sulfide) groups is 1. The molecule has 0 aliphatic carbocycles. The van der Waals surface area contributed by atoms with Crippen molar-refractivity contribution in [1.82, 2.24) is 4.90 Å². The van der Waals surface area contributed by atoms with E-state index in [4.69, 9.17) is 0 Å². The lowest BCUT2D eigenvalue weighted by Crippen LogP contribution is -2.37. The Hall–Kier alpha value is -0.670. The Morgan fingerprint density at radius 3 is 2.94 bits per heavy atom. The zero-order chi connectivity index (χ0) is 11.9. The van der Waals surface area contributed by atoms with Gasteiger partial charge < -0.3 is 10.2 Å². The summed E-state index contributed by atoms with van der Waals surface area (Å²) in [6.45, 7) is 7.15. The topological polar surface area (TPSA) is 15.3 Å². The van der Waals surface area contributed by atoms with Crippen molar-refractivity contribution in [2.45, 2.75) is 18.6 Å². The minimum Gasteiger partial charge on any atom is -0.385 e. The van der Waals surface area contributed by atoms with Gasteiger partial charge >= 0.3 is 0 Å². The molecule has 0 amide bonds. The molecule has 0 aromatic heterocycles. The Morgan fingerprint density at radius 2 is 2.18 bits per heavy atom. The second-order valence-electron chi connectivity index (χ2n) is 4.63. The first-order valence-electron chi connectivity index (χ1n) is 6.47. The third-order valence-electron chi connectivity index (χ3n) is 3.08. The molecule has 1 aromatic carbocycles. The molecule has 17 heavy (non-hydrogen) atoms. The predicted molar refractivity (Wildman–Crippen MR) is 77.9 cm³/mol. The maximum Gasteiger partial charge on any atom is 0.0340 e. The molecule has 1 aliphatic rings. The lowest BCUT2D eigenvalue weighted by atomic mass is 10.3. The molecule has 0 spiro atoms. The van der Waals surface area contributed by atoms with Gasteiger partial charge in [-0.3, -0.25) is 0 Å². The molecular formula is C14H22N2S. The highest BCUT2D eigenvalue weighted by atomic mass is 32.2. The summed E-state index contributed by atoms with van der Waals surface area (Å²) >= 11 is 2.10. The van der Waals surface area contributed by atoms with Crippen molar-refractivity contribution < 1.29 is 0 Å². The van der Waals surface area contributed by atoms with Crippen molar-refractivity contribution in [3.05, 3.63) is 30.3 Å². The van der Waals surface area contributed by atoms with Crippen LogP contribution in [-0.4, -0.2) is 42.1 Å². The highest BCUT2D eigenvalue weighted by molar-refractivity contribution is 7.99. The van der Waals surface area contributed by atoms with Crippen LogP contribution < -0.4 is 5.32 Å². The molecule has 3 heteroatoms. The van der Waals surface area contributed by atoms with Gasteiger partial charge in [0.15, 0.2) is 0 Å². The van der Waals surface area contributed by atoms with Crippen LogP contribution in [-0.2, 0) is 0 Å². The van der Waals surface area contributed by atoms with Crippen LogP contribution in [0.15, 0.2) is 30.3 Å². The number of nitrogens with zero attached hydrogens (tertiary/aromatic N) is 1. The summed E-state index contributed by atoms with van der Waals surface area (Å²) in [4.78, 5) is 2.59. The van der Waals surface area contributed by atoms with Gasteiger partial charge in [0, 0.05) is 36.3 Å². The van der Waals surface area contributed by atoms with Crippen LogP contribution in [0.3, 0.4) is 0 Å². The Kier molecular flexibility index (Phi) is 5.20. The lowest BCUT2D eigenvalue weighted by molar-refractivity contribution is 0.285. The minimum atomic E-state index is 0.811. The molecule has 1 fully saturated rings. The van der Waals surface area contributed by atoms with Crippen LogP contribution >= 0.6 is 11.8 Å². The van der Waals surface area contributed by atoms with Crippen LogP contribution in [0.5, 0.6) is 0 Å². The molecule has 0 radical (unpaired) electrons. The second kappa shape index (κ2) is 6.92. The largest absolute Gasteiger partial charge is 0.385 e. The molecule has 1 unspecified atom stereocenters. The maximum atomic E-state index is 3.46. The molecule has 1 saturated heterocycles. The van der Waals surface area contributed by atoms with E-state index in [2.05, 4.69) is 59.2 Å². The van der Waals surface area contributed by atoms with Crippen LogP contribution in [0.25, 0.3) is 0 Å². The van der Waals surface area contributed by atoms with E-state index in [1.165, 1.54) is 37.5 Å². The summed E-state index contributed by atoms with van der Waals surface area (Å²) in [7, 11) is 0. The van der Waals surface area contributed by atoms with E-state index in [0.717, 1.165) is 11.8 Å². The second-order valence-corrected chi connectivity index (χ2v) is 6.17. The summed E-state index contributed by atoms with van der Waals surface area (Å²) in [5.41, 5.74) is 1.23. The normalized spacial score (nSPS) is 21.4. The zero-order valence-corrected chi connectivity index (χ0v) is 11.4. The Morgan fingerprint density at radius 1 is 1.35 bits per heavy atom. The Bertz CT molecular complexity index is 315. The van der Waals surface area contributed by atoms with Gasteiger partial charge in [-0.25, -0.2) is 0 Å². The highest BCUT2D eigenvalue weighted by Crippen LogP contribution is 2.17. The van der Waals surface area contributed by atoms with Crippen molar-refractivity contribution in [2.24, 2.45) is 0 Å². The first kappa shape index (κ1) is 12.8. The molecule has 1 atom stereocenters. The van der Waals surface area contributed by atoms with Gasteiger partial charge in [-0.2, -0.15) is 11.8 Å². The van der Waals surface area contributed by atoms with Gasteiger partial charge in [0.2, 0.25) is 0 Å². The van der Waals surface area contributed by atoms with Crippen LogP contribution in [0.4, 0.5) is 5.69 Å². The van der Waals surface area contributed by atoms with Crippen molar-refractivity contribution in [3.63, 3.8) is 0 Å².